The summed E-state index contributed by atoms with van der Waals surface area (Å²) < 4.78 is 5.33. The molecule has 0 unspecified atom stereocenters. The van der Waals surface area contributed by atoms with Crippen LogP contribution in [0.5, 0.6) is 5.75 Å². The molecule has 0 aliphatic heterocycles. The summed E-state index contributed by atoms with van der Waals surface area (Å²) in [5, 5.41) is 5.98. The summed E-state index contributed by atoms with van der Waals surface area (Å²) >= 11 is 5.79. The van der Waals surface area contributed by atoms with Crippen molar-refractivity contribution < 1.29 is 14.3 Å². The Hall–Kier alpha value is -2.53. The molecule has 5 nitrogen and oxygen atoms in total. The van der Waals surface area contributed by atoms with Crippen molar-refractivity contribution in [1.29, 1.82) is 0 Å². The molecule has 26 heavy (non-hydrogen) atoms. The Labute approximate surface area is 158 Å². The van der Waals surface area contributed by atoms with Gasteiger partial charge in [-0.3, -0.25) is 9.59 Å². The van der Waals surface area contributed by atoms with E-state index in [0.717, 1.165) is 11.3 Å². The van der Waals surface area contributed by atoms with Crippen LogP contribution in [-0.2, 0) is 15.0 Å². The first-order valence-electron chi connectivity index (χ1n) is 8.30. The molecule has 0 radical (unpaired) electrons. The third-order valence-electron chi connectivity index (χ3n) is 3.64. The Bertz CT molecular complexity index is 767. The summed E-state index contributed by atoms with van der Waals surface area (Å²) in [5.41, 5.74) is 1.68. The first-order valence-corrected chi connectivity index (χ1v) is 8.68. The van der Waals surface area contributed by atoms with Gasteiger partial charge < -0.3 is 15.4 Å². The highest BCUT2D eigenvalue weighted by atomic mass is 35.5. The lowest BCUT2D eigenvalue weighted by atomic mass is 9.86. The molecule has 2 amide bonds. The molecule has 138 valence electrons. The maximum atomic E-state index is 12.1. The van der Waals surface area contributed by atoms with Crippen LogP contribution < -0.4 is 15.4 Å². The molecule has 0 aromatic heterocycles. The number of hydrogen-bond donors (Lipinski definition) is 2. The lowest BCUT2D eigenvalue weighted by Gasteiger charge is -2.23. The van der Waals surface area contributed by atoms with E-state index >= 15 is 0 Å². The van der Waals surface area contributed by atoms with E-state index < -0.39 is 0 Å². The maximum Gasteiger partial charge on any atom is 0.258 e. The first kappa shape index (κ1) is 19.8. The number of nitrogens with one attached hydrogen (secondary N) is 2. The third kappa shape index (κ3) is 6.08. The van der Waals surface area contributed by atoms with E-state index in [2.05, 4.69) is 31.4 Å². The molecular formula is C20H23ClN2O3. The first-order chi connectivity index (χ1) is 12.3. The highest BCUT2D eigenvalue weighted by molar-refractivity contribution is 6.30. The van der Waals surface area contributed by atoms with E-state index in [9.17, 15) is 9.59 Å². The smallest absolute Gasteiger partial charge is 0.258 e. The molecule has 6 heteroatoms. The number of benzene rings is 2. The minimum Gasteiger partial charge on any atom is -0.484 e. The number of halogens is 1. The fraction of sp³-hybridized carbons (Fsp3) is 0.300. The average Bonchev–Trinajstić information content (AvgIpc) is 2.59. The van der Waals surface area contributed by atoms with Crippen molar-refractivity contribution in [3.63, 3.8) is 0 Å². The Morgan fingerprint density at radius 3 is 2.31 bits per heavy atom. The van der Waals surface area contributed by atoms with Crippen molar-refractivity contribution in [2.24, 2.45) is 0 Å². The molecule has 0 aliphatic rings. The summed E-state index contributed by atoms with van der Waals surface area (Å²) in [6.07, 6.45) is 0. The van der Waals surface area contributed by atoms with E-state index in [-0.39, 0.29) is 30.4 Å². The molecule has 2 N–H and O–H groups in total. The molecule has 0 fully saturated rings. The van der Waals surface area contributed by atoms with Crippen LogP contribution in [0.4, 0.5) is 5.69 Å². The van der Waals surface area contributed by atoms with E-state index in [1.807, 2.05) is 24.3 Å². The van der Waals surface area contributed by atoms with Gasteiger partial charge in [0.15, 0.2) is 6.61 Å². The molecule has 2 rings (SSSR count). The normalized spacial score (nSPS) is 10.9. The fourth-order valence-electron chi connectivity index (χ4n) is 2.35. The maximum absolute atomic E-state index is 12.1. The van der Waals surface area contributed by atoms with Crippen LogP contribution in [0.15, 0.2) is 48.5 Å². The van der Waals surface area contributed by atoms with Gasteiger partial charge in [-0.25, -0.2) is 0 Å². The number of hydrogen-bond acceptors (Lipinski definition) is 3. The minimum absolute atomic E-state index is 0.0977. The molecule has 2 aromatic carbocycles. The van der Waals surface area contributed by atoms with Crippen LogP contribution in [0.2, 0.25) is 5.02 Å². The molecular weight excluding hydrogens is 352 g/mol. The average molecular weight is 375 g/mol. The number of anilines is 1. The number of carbonyl (C=O) groups excluding carboxylic acids is 2. The second-order valence-electron chi connectivity index (χ2n) is 6.86. The number of para-hydroxylation sites is 1. The van der Waals surface area contributed by atoms with Gasteiger partial charge in [-0.05, 0) is 41.3 Å². The SMILES string of the molecule is CC(C)(C)c1ccccc1NC(=O)CNC(=O)COc1ccc(Cl)cc1. The minimum atomic E-state index is -0.376. The quantitative estimate of drug-likeness (QED) is 0.808. The lowest BCUT2D eigenvalue weighted by molar-refractivity contribution is -0.125. The summed E-state index contributed by atoms with van der Waals surface area (Å²) in [5.74, 6) is -0.131. The molecule has 0 bridgehead atoms. The standard InChI is InChI=1S/C20H23ClN2O3/c1-20(2,3)16-6-4-5-7-17(16)23-18(24)12-22-19(25)13-26-15-10-8-14(21)9-11-15/h4-11H,12-13H2,1-3H3,(H,22,25)(H,23,24). The number of rotatable bonds is 6. The predicted molar refractivity (Wildman–Crippen MR) is 104 cm³/mol. The fourth-order valence-corrected chi connectivity index (χ4v) is 2.48. The summed E-state index contributed by atoms with van der Waals surface area (Å²) in [4.78, 5) is 24.0. The van der Waals surface area contributed by atoms with Crippen LogP contribution >= 0.6 is 11.6 Å². The largest absolute Gasteiger partial charge is 0.484 e. The van der Waals surface area contributed by atoms with Gasteiger partial charge in [0.2, 0.25) is 5.91 Å². The molecule has 0 heterocycles. The number of amides is 2. The van der Waals surface area contributed by atoms with E-state index in [1.54, 1.807) is 24.3 Å². The van der Waals surface area contributed by atoms with Gasteiger partial charge >= 0.3 is 0 Å². The second kappa shape index (κ2) is 8.72. The molecule has 0 aliphatic carbocycles. The van der Waals surface area contributed by atoms with Crippen molar-refractivity contribution in [2.45, 2.75) is 26.2 Å². The molecule has 2 aromatic rings. The monoisotopic (exact) mass is 374 g/mol. The topological polar surface area (TPSA) is 67.4 Å². The molecule has 0 saturated carbocycles. The van der Waals surface area contributed by atoms with E-state index in [1.165, 1.54) is 0 Å². The molecule has 0 saturated heterocycles. The Morgan fingerprint density at radius 1 is 1.00 bits per heavy atom. The van der Waals surface area contributed by atoms with Crippen LogP contribution in [0.3, 0.4) is 0 Å². The highest BCUT2D eigenvalue weighted by Crippen LogP contribution is 2.29. The molecule has 0 spiro atoms. The Morgan fingerprint density at radius 2 is 1.65 bits per heavy atom. The summed E-state index contributed by atoms with van der Waals surface area (Å²) in [6.45, 7) is 5.93. The second-order valence-corrected chi connectivity index (χ2v) is 7.30. The van der Waals surface area contributed by atoms with Gasteiger partial charge in [-0.2, -0.15) is 0 Å². The van der Waals surface area contributed by atoms with E-state index in [4.69, 9.17) is 16.3 Å². The van der Waals surface area contributed by atoms with Crippen molar-refractivity contribution >= 4 is 29.1 Å². The van der Waals surface area contributed by atoms with Crippen molar-refractivity contribution in [3.05, 3.63) is 59.1 Å². The van der Waals surface area contributed by atoms with Crippen LogP contribution in [-0.4, -0.2) is 25.0 Å². The van der Waals surface area contributed by atoms with Crippen molar-refractivity contribution in [3.8, 4) is 5.75 Å². The number of carbonyl (C=O) groups is 2. The zero-order valence-corrected chi connectivity index (χ0v) is 15.9. The number of ether oxygens (including phenoxy) is 1. The van der Waals surface area contributed by atoms with Crippen LogP contribution in [0, 0.1) is 0 Å². The third-order valence-corrected chi connectivity index (χ3v) is 3.89. The zero-order valence-electron chi connectivity index (χ0n) is 15.1. The van der Waals surface area contributed by atoms with Gasteiger partial charge in [-0.1, -0.05) is 50.6 Å². The zero-order chi connectivity index (χ0) is 19.2. The van der Waals surface area contributed by atoms with Gasteiger partial charge in [0.1, 0.15) is 5.75 Å². The lowest BCUT2D eigenvalue weighted by Crippen LogP contribution is -2.36. The van der Waals surface area contributed by atoms with Crippen molar-refractivity contribution in [2.75, 3.05) is 18.5 Å². The predicted octanol–water partition coefficient (Wildman–Crippen LogP) is 3.77. The summed E-state index contributed by atoms with van der Waals surface area (Å²) in [6, 6.07) is 14.3. The Kier molecular flexibility index (Phi) is 6.64. The van der Waals surface area contributed by atoms with Gasteiger partial charge in [-0.15, -0.1) is 0 Å². The van der Waals surface area contributed by atoms with Crippen molar-refractivity contribution in [1.82, 2.24) is 5.32 Å². The molecule has 0 atom stereocenters. The highest BCUT2D eigenvalue weighted by Gasteiger charge is 2.18. The van der Waals surface area contributed by atoms with Gasteiger partial charge in [0.05, 0.1) is 6.54 Å². The van der Waals surface area contributed by atoms with Crippen LogP contribution in [0.1, 0.15) is 26.3 Å². The van der Waals surface area contributed by atoms with E-state index in [0.29, 0.717) is 10.8 Å². The van der Waals surface area contributed by atoms with Crippen LogP contribution in [0.25, 0.3) is 0 Å². The summed E-state index contributed by atoms with van der Waals surface area (Å²) in [7, 11) is 0. The Balaban J connectivity index is 1.82. The van der Waals surface area contributed by atoms with Gasteiger partial charge in [0.25, 0.3) is 5.91 Å². The van der Waals surface area contributed by atoms with Gasteiger partial charge in [0, 0.05) is 10.7 Å².